The third-order valence-electron chi connectivity index (χ3n) is 6.48. The summed E-state index contributed by atoms with van der Waals surface area (Å²) in [6.07, 6.45) is 0. The zero-order valence-electron chi connectivity index (χ0n) is 20.8. The van der Waals surface area contributed by atoms with Gasteiger partial charge >= 0.3 is 5.91 Å². The second-order valence-corrected chi connectivity index (χ2v) is 10.0. The van der Waals surface area contributed by atoms with E-state index in [-0.39, 0.29) is 11.3 Å². The topological polar surface area (TPSA) is 98.2 Å². The van der Waals surface area contributed by atoms with E-state index >= 15 is 0 Å². The van der Waals surface area contributed by atoms with Crippen LogP contribution in [-0.4, -0.2) is 41.6 Å². The van der Waals surface area contributed by atoms with E-state index in [9.17, 15) is 14.7 Å². The van der Waals surface area contributed by atoms with E-state index in [1.807, 2.05) is 32.0 Å². The summed E-state index contributed by atoms with van der Waals surface area (Å²) >= 11 is 1.33. The minimum Gasteiger partial charge on any atom is -0.507 e. The highest BCUT2D eigenvalue weighted by atomic mass is 32.1. The maximum Gasteiger partial charge on any atom is 0.301 e. The largest absolute Gasteiger partial charge is 0.507 e. The number of hydrogen-bond acceptors (Lipinski definition) is 8. The van der Waals surface area contributed by atoms with Crippen LogP contribution in [0.2, 0.25) is 0 Å². The van der Waals surface area contributed by atoms with E-state index in [2.05, 4.69) is 4.98 Å². The molecule has 0 spiro atoms. The second-order valence-electron chi connectivity index (χ2n) is 9.00. The van der Waals surface area contributed by atoms with Crippen molar-refractivity contribution >= 4 is 44.1 Å². The Morgan fingerprint density at radius 1 is 1.08 bits per heavy atom. The Labute approximate surface area is 222 Å². The van der Waals surface area contributed by atoms with Crippen molar-refractivity contribution < 1.29 is 28.9 Å². The van der Waals surface area contributed by atoms with Crippen molar-refractivity contribution in [2.45, 2.75) is 19.9 Å². The van der Waals surface area contributed by atoms with Gasteiger partial charge in [0.15, 0.2) is 16.6 Å². The standard InChI is InChI=1S/C29H24N2O6S/c1-3-35-19-6-4-5-17(14-19)25-24(26(32)18-8-10-21-22(15-18)37-12-11-36-21)27(33)28(34)31(25)29-30-20-9-7-16(2)13-23(20)38-29/h4-10,13-15,25,32H,3,11-12H2,1-2H3/b26-24+. The van der Waals surface area contributed by atoms with E-state index in [0.29, 0.717) is 53.3 Å². The second kappa shape index (κ2) is 9.50. The van der Waals surface area contributed by atoms with Gasteiger partial charge in [0, 0.05) is 5.56 Å². The van der Waals surface area contributed by atoms with Crippen LogP contribution in [0.1, 0.15) is 29.7 Å². The van der Waals surface area contributed by atoms with Crippen LogP contribution in [0.25, 0.3) is 16.0 Å². The van der Waals surface area contributed by atoms with Crippen molar-refractivity contribution in [1.29, 1.82) is 0 Å². The molecule has 8 nitrogen and oxygen atoms in total. The molecule has 1 unspecified atom stereocenters. The molecule has 3 aromatic carbocycles. The van der Waals surface area contributed by atoms with Gasteiger partial charge in [-0.3, -0.25) is 14.5 Å². The predicted octanol–water partition coefficient (Wildman–Crippen LogP) is 5.40. The Balaban J connectivity index is 1.54. The number of ether oxygens (including phenoxy) is 3. The van der Waals surface area contributed by atoms with Gasteiger partial charge in [0.1, 0.15) is 24.7 Å². The van der Waals surface area contributed by atoms with Gasteiger partial charge in [0.2, 0.25) is 0 Å². The van der Waals surface area contributed by atoms with E-state index in [0.717, 1.165) is 15.8 Å². The number of aliphatic hydroxyl groups excluding tert-OH is 1. The van der Waals surface area contributed by atoms with E-state index < -0.39 is 17.7 Å². The van der Waals surface area contributed by atoms with Crippen molar-refractivity contribution in [3.8, 4) is 17.2 Å². The van der Waals surface area contributed by atoms with Crippen LogP contribution < -0.4 is 19.1 Å². The number of hydrogen-bond donors (Lipinski definition) is 1. The van der Waals surface area contributed by atoms with Crippen LogP contribution in [0.3, 0.4) is 0 Å². The van der Waals surface area contributed by atoms with Crippen LogP contribution in [0.4, 0.5) is 5.13 Å². The molecule has 1 saturated heterocycles. The smallest absolute Gasteiger partial charge is 0.301 e. The number of ketones is 1. The molecule has 9 heteroatoms. The number of carbonyl (C=O) groups is 2. The maximum atomic E-state index is 13.5. The minimum atomic E-state index is -0.912. The van der Waals surface area contributed by atoms with E-state index in [1.165, 1.54) is 16.2 Å². The number of fused-ring (bicyclic) bond motifs is 2. The van der Waals surface area contributed by atoms with Crippen LogP contribution >= 0.6 is 11.3 Å². The maximum absolute atomic E-state index is 13.5. The van der Waals surface area contributed by atoms with Crippen LogP contribution in [0.5, 0.6) is 17.2 Å². The molecule has 38 heavy (non-hydrogen) atoms. The number of rotatable bonds is 5. The highest BCUT2D eigenvalue weighted by molar-refractivity contribution is 7.22. The van der Waals surface area contributed by atoms with Gasteiger partial charge in [-0.1, -0.05) is 29.5 Å². The molecule has 1 amide bonds. The first kappa shape index (κ1) is 24.0. The molecule has 0 aliphatic carbocycles. The molecule has 192 valence electrons. The molecule has 1 atom stereocenters. The predicted molar refractivity (Wildman–Crippen MR) is 144 cm³/mol. The summed E-state index contributed by atoms with van der Waals surface area (Å²) < 4.78 is 17.8. The van der Waals surface area contributed by atoms with Gasteiger partial charge in [-0.2, -0.15) is 0 Å². The van der Waals surface area contributed by atoms with E-state index in [1.54, 1.807) is 42.5 Å². The lowest BCUT2D eigenvalue weighted by Crippen LogP contribution is -2.29. The van der Waals surface area contributed by atoms with Crippen molar-refractivity contribution in [1.82, 2.24) is 4.98 Å². The third-order valence-corrected chi connectivity index (χ3v) is 7.50. The number of amides is 1. The number of carbonyl (C=O) groups excluding carboxylic acids is 2. The number of aryl methyl sites for hydroxylation is 1. The number of thiazole rings is 1. The van der Waals surface area contributed by atoms with Crippen LogP contribution in [0, 0.1) is 6.92 Å². The summed E-state index contributed by atoms with van der Waals surface area (Å²) in [5.74, 6) is -0.238. The lowest BCUT2D eigenvalue weighted by molar-refractivity contribution is -0.132. The number of benzene rings is 3. The molecule has 1 fully saturated rings. The highest BCUT2D eigenvalue weighted by Gasteiger charge is 2.48. The molecule has 4 aromatic rings. The first-order chi connectivity index (χ1) is 18.4. The number of aliphatic hydroxyl groups is 1. The van der Waals surface area contributed by atoms with E-state index in [4.69, 9.17) is 14.2 Å². The minimum absolute atomic E-state index is 0.0317. The number of aromatic nitrogens is 1. The summed E-state index contributed by atoms with van der Waals surface area (Å²) in [4.78, 5) is 33.1. The molecule has 1 aromatic heterocycles. The molecule has 1 N–H and O–H groups in total. The first-order valence-electron chi connectivity index (χ1n) is 12.3. The van der Waals surface area contributed by atoms with Gasteiger partial charge in [0.05, 0.1) is 28.4 Å². The normalized spacial score (nSPS) is 18.3. The van der Waals surface area contributed by atoms with Gasteiger partial charge in [-0.15, -0.1) is 0 Å². The van der Waals surface area contributed by atoms with Gasteiger partial charge in [-0.25, -0.2) is 4.98 Å². The molecular formula is C29H24N2O6S. The van der Waals surface area contributed by atoms with Crippen molar-refractivity contribution in [2.75, 3.05) is 24.7 Å². The zero-order chi connectivity index (χ0) is 26.4. The molecule has 6 rings (SSSR count). The highest BCUT2D eigenvalue weighted by Crippen LogP contribution is 2.45. The monoisotopic (exact) mass is 528 g/mol. The summed E-state index contributed by atoms with van der Waals surface area (Å²) in [5, 5.41) is 11.9. The fourth-order valence-corrected chi connectivity index (χ4v) is 5.85. The molecule has 0 saturated carbocycles. The summed E-state index contributed by atoms with van der Waals surface area (Å²) in [6, 6.07) is 17.1. The third kappa shape index (κ3) is 4.05. The van der Waals surface area contributed by atoms with Crippen LogP contribution in [0.15, 0.2) is 66.2 Å². The molecule has 2 aliphatic heterocycles. The van der Waals surface area contributed by atoms with Gasteiger partial charge in [0.25, 0.3) is 5.78 Å². The van der Waals surface area contributed by atoms with Crippen molar-refractivity contribution in [3.05, 3.63) is 82.9 Å². The van der Waals surface area contributed by atoms with Gasteiger partial charge in [-0.05, 0) is 67.4 Å². The number of anilines is 1. The Bertz CT molecular complexity index is 1620. The quantitative estimate of drug-likeness (QED) is 0.210. The summed E-state index contributed by atoms with van der Waals surface area (Å²) in [6.45, 7) is 5.13. The average molecular weight is 529 g/mol. The fourth-order valence-electron chi connectivity index (χ4n) is 4.76. The lowest BCUT2D eigenvalue weighted by atomic mass is 9.95. The average Bonchev–Trinajstić information content (AvgIpc) is 3.46. The van der Waals surface area contributed by atoms with Crippen molar-refractivity contribution in [2.24, 2.45) is 0 Å². The Morgan fingerprint density at radius 2 is 1.89 bits per heavy atom. The lowest BCUT2D eigenvalue weighted by Gasteiger charge is -2.23. The first-order valence-corrected chi connectivity index (χ1v) is 13.1. The van der Waals surface area contributed by atoms with Crippen molar-refractivity contribution in [3.63, 3.8) is 0 Å². The molecule has 0 bridgehead atoms. The number of nitrogens with zero attached hydrogens (tertiary/aromatic N) is 2. The fraction of sp³-hybridized carbons (Fsp3) is 0.207. The Morgan fingerprint density at radius 3 is 2.71 bits per heavy atom. The molecular weight excluding hydrogens is 504 g/mol. The molecule has 0 radical (unpaired) electrons. The Hall–Kier alpha value is -4.37. The zero-order valence-corrected chi connectivity index (χ0v) is 21.6. The Kier molecular flexibility index (Phi) is 6.00. The van der Waals surface area contributed by atoms with Gasteiger partial charge < -0.3 is 19.3 Å². The molecule has 2 aliphatic rings. The number of Topliss-reactive ketones (excluding diaryl/α,β-unsaturated/α-hetero) is 1. The van der Waals surface area contributed by atoms with Crippen LogP contribution in [-0.2, 0) is 9.59 Å². The SMILES string of the molecule is CCOc1cccc(C2/C(=C(\O)c3ccc4c(c3)OCCO4)C(=O)C(=O)N2c2nc3ccc(C)cc3s2)c1. The summed E-state index contributed by atoms with van der Waals surface area (Å²) in [5.41, 5.74) is 2.72. The molecule has 3 heterocycles. The summed E-state index contributed by atoms with van der Waals surface area (Å²) in [7, 11) is 0.